The van der Waals surface area contributed by atoms with Gasteiger partial charge in [-0.15, -0.1) is 0 Å². The van der Waals surface area contributed by atoms with Gasteiger partial charge < -0.3 is 5.32 Å². The molecule has 3 aromatic carbocycles. The Morgan fingerprint density at radius 3 is 2.36 bits per heavy atom. The molecule has 1 aliphatic rings. The first-order chi connectivity index (χ1) is 13.5. The molecule has 1 aliphatic heterocycles. The van der Waals surface area contributed by atoms with E-state index in [0.29, 0.717) is 17.7 Å². The highest BCUT2D eigenvalue weighted by Crippen LogP contribution is 2.30. The number of anilines is 1. The van der Waals surface area contributed by atoms with Gasteiger partial charge in [-0.3, -0.25) is 0 Å². The van der Waals surface area contributed by atoms with Gasteiger partial charge in [-0.2, -0.15) is 0 Å². The SMILES string of the molecule is O=S1(=O)NC(=NCc2ccccc2F)Nc2c(Cc3ccccc3)cccc21. The lowest BCUT2D eigenvalue weighted by atomic mass is 10.0. The second-order valence-corrected chi connectivity index (χ2v) is 8.09. The lowest BCUT2D eigenvalue weighted by Gasteiger charge is -2.24. The molecular formula is C21H18FN3O2S. The Labute approximate surface area is 163 Å². The normalized spacial score (nSPS) is 16.1. The van der Waals surface area contributed by atoms with Crippen molar-refractivity contribution in [2.75, 3.05) is 5.32 Å². The van der Waals surface area contributed by atoms with E-state index >= 15 is 0 Å². The van der Waals surface area contributed by atoms with Gasteiger partial charge in [0.1, 0.15) is 10.7 Å². The molecule has 0 aliphatic carbocycles. The minimum Gasteiger partial charge on any atom is -0.324 e. The van der Waals surface area contributed by atoms with Crippen LogP contribution in [-0.2, 0) is 23.0 Å². The zero-order valence-corrected chi connectivity index (χ0v) is 15.7. The molecule has 0 bridgehead atoms. The van der Waals surface area contributed by atoms with Crippen LogP contribution in [0.4, 0.5) is 10.1 Å². The molecule has 0 saturated carbocycles. The van der Waals surface area contributed by atoms with Crippen LogP contribution in [0.25, 0.3) is 0 Å². The van der Waals surface area contributed by atoms with Gasteiger partial charge in [-0.25, -0.2) is 22.5 Å². The van der Waals surface area contributed by atoms with Crippen LogP contribution in [0.3, 0.4) is 0 Å². The summed E-state index contributed by atoms with van der Waals surface area (Å²) in [6.07, 6.45) is 0.577. The lowest BCUT2D eigenvalue weighted by molar-refractivity contribution is 0.591. The Morgan fingerprint density at radius 2 is 1.57 bits per heavy atom. The van der Waals surface area contributed by atoms with Crippen molar-refractivity contribution in [2.24, 2.45) is 4.99 Å². The van der Waals surface area contributed by atoms with Crippen LogP contribution < -0.4 is 10.0 Å². The fourth-order valence-corrected chi connectivity index (χ4v) is 4.28. The number of hydrogen-bond donors (Lipinski definition) is 2. The molecule has 0 saturated heterocycles. The van der Waals surface area contributed by atoms with Crippen LogP contribution >= 0.6 is 0 Å². The topological polar surface area (TPSA) is 70.6 Å². The van der Waals surface area contributed by atoms with Crippen molar-refractivity contribution in [1.82, 2.24) is 4.72 Å². The monoisotopic (exact) mass is 395 g/mol. The van der Waals surface area contributed by atoms with Crippen molar-refractivity contribution in [3.05, 3.63) is 95.3 Å². The molecule has 0 aromatic heterocycles. The summed E-state index contributed by atoms with van der Waals surface area (Å²) in [6, 6.07) is 21.2. The van der Waals surface area contributed by atoms with Crippen LogP contribution in [0, 0.1) is 5.82 Å². The Hall–Kier alpha value is -3.19. The largest absolute Gasteiger partial charge is 0.324 e. The molecule has 28 heavy (non-hydrogen) atoms. The fourth-order valence-electron chi connectivity index (χ4n) is 3.09. The number of halogens is 1. The van der Waals surface area contributed by atoms with E-state index in [1.54, 1.807) is 30.3 Å². The van der Waals surface area contributed by atoms with Crippen molar-refractivity contribution in [3.63, 3.8) is 0 Å². The number of benzene rings is 3. The van der Waals surface area contributed by atoms with Crippen molar-refractivity contribution >= 4 is 21.7 Å². The Balaban J connectivity index is 1.67. The highest BCUT2D eigenvalue weighted by Gasteiger charge is 2.28. The van der Waals surface area contributed by atoms with E-state index in [9.17, 15) is 12.8 Å². The van der Waals surface area contributed by atoms with Crippen LogP contribution in [0.1, 0.15) is 16.7 Å². The summed E-state index contributed by atoms with van der Waals surface area (Å²) in [5.41, 5.74) is 2.79. The van der Waals surface area contributed by atoms with Crippen molar-refractivity contribution in [2.45, 2.75) is 17.9 Å². The summed E-state index contributed by atoms with van der Waals surface area (Å²) in [6.45, 7) is 0.0215. The molecule has 0 spiro atoms. The maximum atomic E-state index is 13.8. The third-order valence-electron chi connectivity index (χ3n) is 4.48. The van der Waals surface area contributed by atoms with Gasteiger partial charge in [0.15, 0.2) is 0 Å². The average Bonchev–Trinajstić information content (AvgIpc) is 2.68. The number of nitrogens with one attached hydrogen (secondary N) is 2. The molecule has 2 N–H and O–H groups in total. The van der Waals surface area contributed by atoms with E-state index in [0.717, 1.165) is 11.1 Å². The molecule has 3 aromatic rings. The third kappa shape index (κ3) is 3.75. The first-order valence-corrected chi connectivity index (χ1v) is 10.2. The zero-order valence-electron chi connectivity index (χ0n) is 14.9. The minimum atomic E-state index is -3.76. The van der Waals surface area contributed by atoms with Crippen molar-refractivity contribution < 1.29 is 12.8 Å². The van der Waals surface area contributed by atoms with Gasteiger partial charge in [0.05, 0.1) is 12.2 Å². The highest BCUT2D eigenvalue weighted by atomic mass is 32.2. The van der Waals surface area contributed by atoms with Crippen LogP contribution in [-0.4, -0.2) is 14.4 Å². The predicted octanol–water partition coefficient (Wildman–Crippen LogP) is 3.68. The molecule has 0 amide bonds. The second kappa shape index (κ2) is 7.44. The summed E-state index contributed by atoms with van der Waals surface area (Å²) in [5.74, 6) is -0.299. The standard InChI is InChI=1S/C21H18FN3O2S/c22-18-11-5-4-9-17(18)14-23-21-24-20-16(13-15-7-2-1-3-8-15)10-6-12-19(20)28(26,27)25-21/h1-12H,13-14H2,(H2,23,24,25). The van der Waals surface area contributed by atoms with Gasteiger partial charge in [-0.1, -0.05) is 60.7 Å². The summed E-state index contributed by atoms with van der Waals surface area (Å²) in [4.78, 5) is 4.40. The van der Waals surface area contributed by atoms with Crippen molar-refractivity contribution in [3.8, 4) is 0 Å². The third-order valence-corrected chi connectivity index (χ3v) is 5.86. The molecule has 0 unspecified atom stereocenters. The van der Waals surface area contributed by atoms with Gasteiger partial charge in [0.25, 0.3) is 10.0 Å². The Kier molecular flexibility index (Phi) is 4.83. The summed E-state index contributed by atoms with van der Waals surface area (Å²) < 4.78 is 41.6. The van der Waals surface area contributed by atoms with Gasteiger partial charge in [0.2, 0.25) is 5.96 Å². The molecule has 0 atom stereocenters. The fraction of sp³-hybridized carbons (Fsp3) is 0.0952. The maximum Gasteiger partial charge on any atom is 0.266 e. The van der Waals surface area contributed by atoms with Gasteiger partial charge >= 0.3 is 0 Å². The lowest BCUT2D eigenvalue weighted by Crippen LogP contribution is -2.41. The molecular weight excluding hydrogens is 377 g/mol. The summed E-state index contributed by atoms with van der Waals surface area (Å²) in [7, 11) is -3.76. The number of para-hydroxylation sites is 1. The van der Waals surface area contributed by atoms with Gasteiger partial charge in [0, 0.05) is 5.56 Å². The molecule has 1 heterocycles. The van der Waals surface area contributed by atoms with E-state index in [1.807, 2.05) is 36.4 Å². The number of rotatable bonds is 4. The zero-order chi connectivity index (χ0) is 19.6. The molecule has 7 heteroatoms. The highest BCUT2D eigenvalue weighted by molar-refractivity contribution is 7.90. The first kappa shape index (κ1) is 18.2. The molecule has 0 radical (unpaired) electrons. The van der Waals surface area contributed by atoms with Crippen molar-refractivity contribution in [1.29, 1.82) is 0 Å². The van der Waals surface area contributed by atoms with E-state index in [4.69, 9.17) is 0 Å². The Morgan fingerprint density at radius 1 is 0.857 bits per heavy atom. The van der Waals surface area contributed by atoms with E-state index in [1.165, 1.54) is 6.07 Å². The van der Waals surface area contributed by atoms with Crippen LogP contribution in [0.5, 0.6) is 0 Å². The second-order valence-electron chi connectivity index (χ2n) is 6.44. The first-order valence-electron chi connectivity index (χ1n) is 8.76. The average molecular weight is 395 g/mol. The quantitative estimate of drug-likeness (QED) is 0.708. The summed E-state index contributed by atoms with van der Waals surface area (Å²) in [5, 5.41) is 3.07. The summed E-state index contributed by atoms with van der Waals surface area (Å²) >= 11 is 0. The number of nitrogens with zero attached hydrogens (tertiary/aromatic N) is 1. The number of aliphatic imine (C=N–C) groups is 1. The molecule has 142 valence electrons. The van der Waals surface area contributed by atoms with E-state index in [2.05, 4.69) is 15.0 Å². The smallest absolute Gasteiger partial charge is 0.266 e. The van der Waals surface area contributed by atoms with Crippen LogP contribution in [0.2, 0.25) is 0 Å². The molecule has 4 rings (SSSR count). The number of guanidine groups is 1. The maximum absolute atomic E-state index is 13.8. The number of fused-ring (bicyclic) bond motifs is 1. The molecule has 0 fully saturated rings. The van der Waals surface area contributed by atoms with Crippen LogP contribution in [0.15, 0.2) is 82.7 Å². The number of sulfonamides is 1. The molecule has 5 nitrogen and oxygen atoms in total. The van der Waals surface area contributed by atoms with Gasteiger partial charge in [-0.05, 0) is 29.7 Å². The Bertz CT molecular complexity index is 1150. The van der Waals surface area contributed by atoms with E-state index < -0.39 is 10.0 Å². The minimum absolute atomic E-state index is 0.0215. The number of hydrogen-bond acceptors (Lipinski definition) is 3. The predicted molar refractivity (Wildman–Crippen MR) is 107 cm³/mol. The van der Waals surface area contributed by atoms with E-state index in [-0.39, 0.29) is 23.2 Å².